The van der Waals surface area contributed by atoms with E-state index in [1.807, 2.05) is 62.4 Å². The molecule has 0 bridgehead atoms. The summed E-state index contributed by atoms with van der Waals surface area (Å²) < 4.78 is 2.44. The quantitative estimate of drug-likeness (QED) is 0.687. The van der Waals surface area contributed by atoms with E-state index >= 15 is 0 Å². The van der Waals surface area contributed by atoms with Gasteiger partial charge >= 0.3 is 0 Å². The third-order valence-corrected chi connectivity index (χ3v) is 4.20. The summed E-state index contributed by atoms with van der Waals surface area (Å²) in [6.07, 6.45) is 1.61. The van der Waals surface area contributed by atoms with Crippen LogP contribution in [0, 0.1) is 13.8 Å². The first-order chi connectivity index (χ1) is 11.1. The van der Waals surface area contributed by atoms with Crippen molar-refractivity contribution in [3.8, 4) is 5.69 Å². The number of nitrogens with zero attached hydrogens (tertiary/aromatic N) is 2. The summed E-state index contributed by atoms with van der Waals surface area (Å²) in [5.41, 5.74) is 3.98. The third kappa shape index (κ3) is 3.19. The fraction of sp³-hybridized carbons (Fsp3) is 0.111. The third-order valence-electron chi connectivity index (χ3n) is 3.57. The van der Waals surface area contributed by atoms with Gasteiger partial charge in [-0.3, -0.25) is 14.9 Å². The minimum Gasteiger partial charge on any atom is -0.295 e. The van der Waals surface area contributed by atoms with E-state index in [0.29, 0.717) is 5.56 Å². The van der Waals surface area contributed by atoms with Crippen LogP contribution in [0.3, 0.4) is 0 Å². The highest BCUT2D eigenvalue weighted by atomic mass is 79.9. The van der Waals surface area contributed by atoms with Crippen LogP contribution in [0.2, 0.25) is 0 Å². The van der Waals surface area contributed by atoms with Crippen LogP contribution in [0.25, 0.3) is 5.69 Å². The molecule has 0 atom stereocenters. The molecule has 0 aliphatic rings. The number of H-pyrrole nitrogens is 1. The Labute approximate surface area is 142 Å². The van der Waals surface area contributed by atoms with Crippen LogP contribution in [0.4, 0.5) is 5.69 Å². The summed E-state index contributed by atoms with van der Waals surface area (Å²) in [5, 5.41) is 3.09. The normalized spacial score (nSPS) is 11.3. The van der Waals surface area contributed by atoms with Crippen LogP contribution in [0.15, 0.2) is 62.8 Å². The van der Waals surface area contributed by atoms with Gasteiger partial charge in [0.1, 0.15) is 0 Å². The topological polar surface area (TPSA) is 50.1 Å². The maximum absolute atomic E-state index is 12.6. The molecule has 1 N–H and O–H groups in total. The van der Waals surface area contributed by atoms with Gasteiger partial charge in [0.15, 0.2) is 0 Å². The first kappa shape index (κ1) is 15.5. The molecule has 1 heterocycles. The van der Waals surface area contributed by atoms with Crippen LogP contribution >= 0.6 is 15.9 Å². The molecule has 0 spiro atoms. The number of hydrogen-bond acceptors (Lipinski definition) is 2. The van der Waals surface area contributed by atoms with E-state index in [4.69, 9.17) is 0 Å². The van der Waals surface area contributed by atoms with Gasteiger partial charge in [-0.1, -0.05) is 24.3 Å². The molecule has 2 aromatic carbocycles. The van der Waals surface area contributed by atoms with Crippen LogP contribution in [0.5, 0.6) is 0 Å². The Morgan fingerprint density at radius 3 is 2.57 bits per heavy atom. The number of benzene rings is 2. The van der Waals surface area contributed by atoms with Crippen molar-refractivity contribution in [3.63, 3.8) is 0 Å². The lowest BCUT2D eigenvalue weighted by atomic mass is 10.2. The molecule has 0 fully saturated rings. The van der Waals surface area contributed by atoms with Gasteiger partial charge in [0.05, 0.1) is 16.9 Å². The predicted octanol–water partition coefficient (Wildman–Crippen LogP) is 4.30. The zero-order valence-corrected chi connectivity index (χ0v) is 14.5. The van der Waals surface area contributed by atoms with E-state index in [1.165, 1.54) is 4.68 Å². The molecule has 0 unspecified atom stereocenters. The largest absolute Gasteiger partial charge is 0.295 e. The van der Waals surface area contributed by atoms with Gasteiger partial charge in [-0.05, 0) is 59.6 Å². The monoisotopic (exact) mass is 369 g/mol. The fourth-order valence-electron chi connectivity index (χ4n) is 2.32. The van der Waals surface area contributed by atoms with Crippen molar-refractivity contribution in [1.82, 2.24) is 9.78 Å². The average molecular weight is 370 g/mol. The van der Waals surface area contributed by atoms with Crippen LogP contribution in [-0.4, -0.2) is 16.0 Å². The Kier molecular flexibility index (Phi) is 4.30. The Hall–Kier alpha value is -2.40. The van der Waals surface area contributed by atoms with Crippen molar-refractivity contribution in [2.75, 3.05) is 0 Å². The Morgan fingerprint density at radius 1 is 1.13 bits per heavy atom. The number of hydrogen-bond donors (Lipinski definition) is 1. The van der Waals surface area contributed by atoms with Gasteiger partial charge in [-0.2, -0.15) is 0 Å². The molecule has 3 aromatic rings. The summed E-state index contributed by atoms with van der Waals surface area (Å²) in [7, 11) is 0. The zero-order chi connectivity index (χ0) is 16.4. The lowest BCUT2D eigenvalue weighted by molar-refractivity contribution is 0.835. The molecular weight excluding hydrogens is 354 g/mol. The molecule has 5 heteroatoms. The summed E-state index contributed by atoms with van der Waals surface area (Å²) >= 11 is 3.49. The highest BCUT2D eigenvalue weighted by Crippen LogP contribution is 2.26. The molecular formula is C18H16BrN3O. The first-order valence-corrected chi connectivity index (χ1v) is 8.03. The maximum atomic E-state index is 12.6. The van der Waals surface area contributed by atoms with Gasteiger partial charge in [-0.25, -0.2) is 4.68 Å². The van der Waals surface area contributed by atoms with E-state index in [0.717, 1.165) is 27.1 Å². The Balaban J connectivity index is 2.00. The number of halogens is 1. The van der Waals surface area contributed by atoms with Gasteiger partial charge in [0.25, 0.3) is 5.56 Å². The van der Waals surface area contributed by atoms with Crippen molar-refractivity contribution in [2.24, 2.45) is 4.99 Å². The minimum atomic E-state index is -0.110. The Bertz CT molecular complexity index is 923. The second kappa shape index (κ2) is 6.38. The molecule has 0 radical (unpaired) electrons. The number of aliphatic imine (C=N–C) groups is 1. The molecule has 0 aliphatic heterocycles. The lowest BCUT2D eigenvalue weighted by Gasteiger charge is -1.99. The second-order valence-corrected chi connectivity index (χ2v) is 6.19. The lowest BCUT2D eigenvalue weighted by Crippen LogP contribution is -2.17. The highest BCUT2D eigenvalue weighted by Gasteiger charge is 2.10. The van der Waals surface area contributed by atoms with Crippen LogP contribution in [0.1, 0.15) is 16.8 Å². The van der Waals surface area contributed by atoms with E-state index in [2.05, 4.69) is 26.0 Å². The molecule has 4 nitrogen and oxygen atoms in total. The van der Waals surface area contributed by atoms with Crippen LogP contribution < -0.4 is 5.56 Å². The van der Waals surface area contributed by atoms with E-state index in [9.17, 15) is 4.79 Å². The second-order valence-electron chi connectivity index (χ2n) is 5.34. The number of nitrogens with one attached hydrogen (secondary N) is 1. The van der Waals surface area contributed by atoms with Crippen molar-refractivity contribution in [1.29, 1.82) is 0 Å². The molecule has 0 saturated carbocycles. The molecule has 116 valence electrons. The number of aromatic nitrogens is 2. The van der Waals surface area contributed by atoms with Gasteiger partial charge in [0, 0.05) is 16.4 Å². The SMILES string of the molecule is Cc1ccc(N=Cc2c(C)[nH]n(-c3ccccc3)c2=O)c(Br)c1. The fourth-order valence-corrected chi connectivity index (χ4v) is 2.92. The standard InChI is InChI=1S/C18H16BrN3O/c1-12-8-9-17(16(19)10-12)20-11-15-13(2)21-22(18(15)23)14-6-4-3-5-7-14/h3-11,21H,1-2H3. The molecule has 0 amide bonds. The summed E-state index contributed by atoms with van der Waals surface area (Å²) in [5.74, 6) is 0. The summed E-state index contributed by atoms with van der Waals surface area (Å²) in [6, 6.07) is 15.4. The summed E-state index contributed by atoms with van der Waals surface area (Å²) in [4.78, 5) is 17.0. The van der Waals surface area contributed by atoms with Gasteiger partial charge in [-0.15, -0.1) is 0 Å². The number of rotatable bonds is 3. The smallest absolute Gasteiger partial charge is 0.280 e. The molecule has 0 aliphatic carbocycles. The van der Waals surface area contributed by atoms with Crippen molar-refractivity contribution >= 4 is 27.8 Å². The maximum Gasteiger partial charge on any atom is 0.280 e. The van der Waals surface area contributed by atoms with E-state index < -0.39 is 0 Å². The van der Waals surface area contributed by atoms with Crippen molar-refractivity contribution < 1.29 is 0 Å². The van der Waals surface area contributed by atoms with Crippen molar-refractivity contribution in [3.05, 3.63) is 80.2 Å². The van der Waals surface area contributed by atoms with E-state index in [-0.39, 0.29) is 5.56 Å². The van der Waals surface area contributed by atoms with Crippen molar-refractivity contribution in [2.45, 2.75) is 13.8 Å². The first-order valence-electron chi connectivity index (χ1n) is 7.23. The predicted molar refractivity (Wildman–Crippen MR) is 97.3 cm³/mol. The molecule has 0 saturated heterocycles. The average Bonchev–Trinajstić information content (AvgIpc) is 2.82. The number of aryl methyl sites for hydroxylation is 2. The number of para-hydroxylation sites is 1. The number of aromatic amines is 1. The van der Waals surface area contributed by atoms with Gasteiger partial charge < -0.3 is 0 Å². The zero-order valence-electron chi connectivity index (χ0n) is 12.9. The molecule has 1 aromatic heterocycles. The van der Waals surface area contributed by atoms with Gasteiger partial charge in [0.2, 0.25) is 0 Å². The Morgan fingerprint density at radius 2 is 1.87 bits per heavy atom. The molecule has 23 heavy (non-hydrogen) atoms. The molecule has 3 rings (SSSR count). The van der Waals surface area contributed by atoms with Crippen LogP contribution in [-0.2, 0) is 0 Å². The van der Waals surface area contributed by atoms with E-state index in [1.54, 1.807) is 6.21 Å². The minimum absolute atomic E-state index is 0.110. The highest BCUT2D eigenvalue weighted by molar-refractivity contribution is 9.10. The summed E-state index contributed by atoms with van der Waals surface area (Å²) in [6.45, 7) is 3.89.